The molecule has 7 heteroatoms. The van der Waals surface area contributed by atoms with Gasteiger partial charge in [0.15, 0.2) is 5.16 Å². The summed E-state index contributed by atoms with van der Waals surface area (Å²) in [4.78, 5) is 20.9. The molecule has 0 saturated heterocycles. The van der Waals surface area contributed by atoms with Gasteiger partial charge in [0.25, 0.3) is 0 Å². The predicted octanol–water partition coefficient (Wildman–Crippen LogP) is 3.79. The summed E-state index contributed by atoms with van der Waals surface area (Å²) >= 11 is 7.24. The molecule has 2 rings (SSSR count). The molecule has 122 valence electrons. The number of anilines is 1. The van der Waals surface area contributed by atoms with Gasteiger partial charge in [0.05, 0.1) is 18.6 Å². The molecular formula is C16H18ClN3O2S. The highest BCUT2D eigenvalue weighted by atomic mass is 35.5. The quantitative estimate of drug-likeness (QED) is 0.655. The maximum Gasteiger partial charge on any atom is 0.234 e. The lowest BCUT2D eigenvalue weighted by Gasteiger charge is -2.10. The smallest absolute Gasteiger partial charge is 0.234 e. The molecule has 0 aliphatic rings. The van der Waals surface area contributed by atoms with E-state index in [1.807, 2.05) is 20.8 Å². The van der Waals surface area contributed by atoms with Crippen LogP contribution >= 0.6 is 23.4 Å². The minimum Gasteiger partial charge on any atom is -0.495 e. The van der Waals surface area contributed by atoms with Crippen LogP contribution in [-0.2, 0) is 4.79 Å². The van der Waals surface area contributed by atoms with Gasteiger partial charge in [-0.25, -0.2) is 9.97 Å². The van der Waals surface area contributed by atoms with Gasteiger partial charge in [-0.2, -0.15) is 0 Å². The summed E-state index contributed by atoms with van der Waals surface area (Å²) in [6, 6.07) is 5.07. The lowest BCUT2D eigenvalue weighted by atomic mass is 10.2. The number of halogens is 1. The first-order valence-electron chi connectivity index (χ1n) is 6.98. The number of carbonyl (C=O) groups is 1. The normalized spacial score (nSPS) is 10.5. The zero-order valence-electron chi connectivity index (χ0n) is 13.4. The van der Waals surface area contributed by atoms with E-state index in [4.69, 9.17) is 16.3 Å². The van der Waals surface area contributed by atoms with Crippen LogP contribution in [0.1, 0.15) is 17.0 Å². The lowest BCUT2D eigenvalue weighted by molar-refractivity contribution is -0.113. The van der Waals surface area contributed by atoms with Gasteiger partial charge in [-0.3, -0.25) is 4.79 Å². The van der Waals surface area contributed by atoms with Crippen molar-refractivity contribution in [3.8, 4) is 5.75 Å². The third-order valence-electron chi connectivity index (χ3n) is 3.38. The van der Waals surface area contributed by atoms with Crippen LogP contribution in [0.25, 0.3) is 0 Å². The Kier molecular flexibility index (Phi) is 5.85. The predicted molar refractivity (Wildman–Crippen MR) is 93.6 cm³/mol. The number of aromatic nitrogens is 2. The average Bonchev–Trinajstić information content (AvgIpc) is 2.50. The van der Waals surface area contributed by atoms with Crippen LogP contribution < -0.4 is 10.1 Å². The van der Waals surface area contributed by atoms with Gasteiger partial charge in [-0.05, 0) is 44.5 Å². The number of methoxy groups -OCH3 is 1. The van der Waals surface area contributed by atoms with E-state index in [1.54, 1.807) is 25.3 Å². The Hall–Kier alpha value is -1.79. The standard InChI is InChI=1S/C16H18ClN3O2S/c1-9-10(2)18-16(19-11(9)3)23-8-15(21)20-13-7-12(17)5-6-14(13)22-4/h5-7H,8H2,1-4H3,(H,20,21). The minimum absolute atomic E-state index is 0.171. The number of benzene rings is 1. The van der Waals surface area contributed by atoms with E-state index in [9.17, 15) is 4.79 Å². The zero-order chi connectivity index (χ0) is 17.0. The highest BCUT2D eigenvalue weighted by molar-refractivity contribution is 7.99. The number of nitrogens with one attached hydrogen (secondary N) is 1. The Balaban J connectivity index is 2.02. The fourth-order valence-corrected chi connectivity index (χ4v) is 2.81. The molecule has 0 aliphatic carbocycles. The van der Waals surface area contributed by atoms with E-state index in [2.05, 4.69) is 15.3 Å². The van der Waals surface area contributed by atoms with Crippen LogP contribution in [0.5, 0.6) is 5.75 Å². The van der Waals surface area contributed by atoms with Crippen LogP contribution in [0.3, 0.4) is 0 Å². The second-order valence-electron chi connectivity index (χ2n) is 4.98. The Labute approximate surface area is 144 Å². The maximum atomic E-state index is 12.1. The molecule has 0 aliphatic heterocycles. The van der Waals surface area contributed by atoms with E-state index in [1.165, 1.54) is 11.8 Å². The third kappa shape index (κ3) is 4.59. The van der Waals surface area contributed by atoms with Gasteiger partial charge in [0.2, 0.25) is 5.91 Å². The summed E-state index contributed by atoms with van der Waals surface area (Å²) in [5.41, 5.74) is 3.47. The molecule has 1 aromatic heterocycles. The molecule has 5 nitrogen and oxygen atoms in total. The van der Waals surface area contributed by atoms with Crippen molar-refractivity contribution in [1.29, 1.82) is 0 Å². The largest absolute Gasteiger partial charge is 0.495 e. The monoisotopic (exact) mass is 351 g/mol. The second kappa shape index (κ2) is 7.66. The molecular weight excluding hydrogens is 334 g/mol. The molecule has 0 spiro atoms. The molecule has 0 fully saturated rings. The highest BCUT2D eigenvalue weighted by Gasteiger charge is 2.11. The van der Waals surface area contributed by atoms with E-state index in [0.29, 0.717) is 21.6 Å². The number of aryl methyl sites for hydroxylation is 2. The first-order valence-corrected chi connectivity index (χ1v) is 8.35. The molecule has 1 N–H and O–H groups in total. The second-order valence-corrected chi connectivity index (χ2v) is 6.36. The molecule has 1 heterocycles. The Morgan fingerprint density at radius 3 is 2.52 bits per heavy atom. The van der Waals surface area contributed by atoms with Gasteiger partial charge >= 0.3 is 0 Å². The number of nitrogens with zero attached hydrogens (tertiary/aromatic N) is 2. The number of ether oxygens (including phenoxy) is 1. The number of hydrogen-bond acceptors (Lipinski definition) is 5. The van der Waals surface area contributed by atoms with Gasteiger partial charge in [0.1, 0.15) is 5.75 Å². The first kappa shape index (κ1) is 17.6. The van der Waals surface area contributed by atoms with Crippen molar-refractivity contribution in [2.24, 2.45) is 0 Å². The van der Waals surface area contributed by atoms with E-state index in [0.717, 1.165) is 17.0 Å². The highest BCUT2D eigenvalue weighted by Crippen LogP contribution is 2.28. The fourth-order valence-electron chi connectivity index (χ4n) is 1.90. The van der Waals surface area contributed by atoms with E-state index >= 15 is 0 Å². The topological polar surface area (TPSA) is 64.1 Å². The van der Waals surface area contributed by atoms with Crippen molar-refractivity contribution in [1.82, 2.24) is 9.97 Å². The third-order valence-corrected chi connectivity index (χ3v) is 4.46. The molecule has 1 aromatic carbocycles. The summed E-state index contributed by atoms with van der Waals surface area (Å²) in [6.07, 6.45) is 0. The zero-order valence-corrected chi connectivity index (χ0v) is 15.0. The number of amides is 1. The van der Waals surface area contributed by atoms with Crippen LogP contribution in [0, 0.1) is 20.8 Å². The van der Waals surface area contributed by atoms with Gasteiger partial charge in [-0.15, -0.1) is 0 Å². The van der Waals surface area contributed by atoms with Crippen molar-refractivity contribution < 1.29 is 9.53 Å². The molecule has 0 saturated carbocycles. The molecule has 1 amide bonds. The molecule has 0 unspecified atom stereocenters. The van der Waals surface area contributed by atoms with Gasteiger partial charge < -0.3 is 10.1 Å². The number of rotatable bonds is 5. The number of hydrogen-bond donors (Lipinski definition) is 1. The molecule has 23 heavy (non-hydrogen) atoms. The van der Waals surface area contributed by atoms with Crippen LogP contribution in [0.15, 0.2) is 23.4 Å². The van der Waals surface area contributed by atoms with Gasteiger partial charge in [-0.1, -0.05) is 23.4 Å². The summed E-state index contributed by atoms with van der Waals surface area (Å²) in [5, 5.41) is 3.91. The molecule has 2 aromatic rings. The number of thioether (sulfide) groups is 1. The first-order chi connectivity index (χ1) is 10.9. The van der Waals surface area contributed by atoms with Gasteiger partial charge in [0, 0.05) is 16.4 Å². The summed E-state index contributed by atoms with van der Waals surface area (Å²) < 4.78 is 5.20. The lowest BCUT2D eigenvalue weighted by Crippen LogP contribution is -2.15. The van der Waals surface area contributed by atoms with Crippen molar-refractivity contribution in [3.63, 3.8) is 0 Å². The van der Waals surface area contributed by atoms with Crippen LogP contribution in [-0.4, -0.2) is 28.7 Å². The van der Waals surface area contributed by atoms with Crippen LogP contribution in [0.2, 0.25) is 5.02 Å². The van der Waals surface area contributed by atoms with Crippen molar-refractivity contribution in [2.45, 2.75) is 25.9 Å². The number of carbonyl (C=O) groups excluding carboxylic acids is 1. The Bertz CT molecular complexity index is 714. The Morgan fingerprint density at radius 2 is 1.91 bits per heavy atom. The summed E-state index contributed by atoms with van der Waals surface area (Å²) in [6.45, 7) is 5.85. The summed E-state index contributed by atoms with van der Waals surface area (Å²) in [7, 11) is 1.54. The Morgan fingerprint density at radius 1 is 1.26 bits per heavy atom. The molecule has 0 atom stereocenters. The van der Waals surface area contributed by atoms with Crippen molar-refractivity contribution in [3.05, 3.63) is 40.2 Å². The van der Waals surface area contributed by atoms with Crippen LogP contribution in [0.4, 0.5) is 5.69 Å². The maximum absolute atomic E-state index is 12.1. The SMILES string of the molecule is COc1ccc(Cl)cc1NC(=O)CSc1nc(C)c(C)c(C)n1. The minimum atomic E-state index is -0.171. The molecule has 0 bridgehead atoms. The van der Waals surface area contributed by atoms with Crippen molar-refractivity contribution in [2.75, 3.05) is 18.2 Å². The summed E-state index contributed by atoms with van der Waals surface area (Å²) in [5.74, 6) is 0.596. The van der Waals surface area contributed by atoms with E-state index in [-0.39, 0.29) is 11.7 Å². The fraction of sp³-hybridized carbons (Fsp3) is 0.312. The van der Waals surface area contributed by atoms with E-state index < -0.39 is 0 Å². The molecule has 0 radical (unpaired) electrons. The average molecular weight is 352 g/mol. The van der Waals surface area contributed by atoms with Crippen molar-refractivity contribution >= 4 is 35.0 Å².